The maximum atomic E-state index is 11.8. The van der Waals surface area contributed by atoms with Crippen molar-refractivity contribution in [1.82, 2.24) is 10.3 Å². The molecule has 0 fully saturated rings. The van der Waals surface area contributed by atoms with Gasteiger partial charge in [-0.05, 0) is 11.4 Å². The largest absolute Gasteiger partial charge is 0.394 e. The van der Waals surface area contributed by atoms with Crippen LogP contribution in [0.25, 0.3) is 10.6 Å². The number of hydrogen-bond donors (Lipinski definition) is 2. The Morgan fingerprint density at radius 2 is 2.40 bits per heavy atom. The second-order valence-corrected chi connectivity index (χ2v) is 5.87. The van der Waals surface area contributed by atoms with E-state index in [0.29, 0.717) is 6.61 Å². The van der Waals surface area contributed by atoms with Gasteiger partial charge in [-0.1, -0.05) is 0 Å². The van der Waals surface area contributed by atoms with E-state index in [2.05, 4.69) is 10.3 Å². The van der Waals surface area contributed by atoms with Crippen LogP contribution in [-0.2, 0) is 16.0 Å². The first-order valence-corrected chi connectivity index (χ1v) is 7.91. The normalized spacial score (nSPS) is 12.3. The highest BCUT2D eigenvalue weighted by Gasteiger charge is 2.13. The number of thiazole rings is 1. The number of nitrogens with one attached hydrogen (secondary N) is 1. The fourth-order valence-corrected chi connectivity index (χ4v) is 3.22. The summed E-state index contributed by atoms with van der Waals surface area (Å²) in [6, 6.07) is 1.63. The van der Waals surface area contributed by atoms with Crippen LogP contribution in [0.4, 0.5) is 0 Å². The lowest BCUT2D eigenvalue weighted by Crippen LogP contribution is -2.41. The third-order valence-electron chi connectivity index (χ3n) is 2.61. The Kier molecular flexibility index (Phi) is 5.66. The first-order valence-electron chi connectivity index (χ1n) is 6.09. The van der Waals surface area contributed by atoms with Crippen LogP contribution in [0.3, 0.4) is 0 Å². The second-order valence-electron chi connectivity index (χ2n) is 4.24. The Hall–Kier alpha value is -1.28. The van der Waals surface area contributed by atoms with Crippen molar-refractivity contribution >= 4 is 28.6 Å². The number of aliphatic hydroxyl groups is 1. The number of thiophene rings is 1. The highest BCUT2D eigenvalue weighted by Crippen LogP contribution is 2.25. The molecule has 2 rings (SSSR count). The zero-order valence-electron chi connectivity index (χ0n) is 11.0. The minimum Gasteiger partial charge on any atom is -0.394 e. The van der Waals surface area contributed by atoms with Gasteiger partial charge in [0.1, 0.15) is 5.01 Å². The molecular formula is C13H16N2O3S2. The van der Waals surface area contributed by atoms with Gasteiger partial charge in [-0.2, -0.15) is 11.3 Å². The molecule has 0 aromatic carbocycles. The summed E-state index contributed by atoms with van der Waals surface area (Å²) in [5.41, 5.74) is 1.82. The van der Waals surface area contributed by atoms with Crippen LogP contribution >= 0.6 is 22.7 Å². The molecule has 5 nitrogen and oxygen atoms in total. The molecule has 7 heteroatoms. The molecule has 20 heavy (non-hydrogen) atoms. The number of carbonyl (C=O) groups excluding carboxylic acids is 1. The molecule has 0 spiro atoms. The molecule has 2 aromatic rings. The van der Waals surface area contributed by atoms with Gasteiger partial charge in [0.15, 0.2) is 0 Å². The smallest absolute Gasteiger partial charge is 0.226 e. The average molecular weight is 312 g/mol. The van der Waals surface area contributed by atoms with Crippen molar-refractivity contribution in [2.24, 2.45) is 0 Å². The van der Waals surface area contributed by atoms with Crippen LogP contribution in [0.2, 0.25) is 0 Å². The van der Waals surface area contributed by atoms with E-state index in [4.69, 9.17) is 9.84 Å². The third kappa shape index (κ3) is 4.11. The molecule has 0 saturated heterocycles. The van der Waals surface area contributed by atoms with Crippen LogP contribution in [0, 0.1) is 0 Å². The van der Waals surface area contributed by atoms with Crippen molar-refractivity contribution in [2.75, 3.05) is 20.3 Å². The summed E-state index contributed by atoms with van der Waals surface area (Å²) in [6.45, 7) is 0.149. The molecule has 0 aliphatic carbocycles. The number of nitrogens with zero attached hydrogens (tertiary/aromatic N) is 1. The molecular weight excluding hydrogens is 296 g/mol. The lowest BCUT2D eigenvalue weighted by atomic mass is 10.2. The van der Waals surface area contributed by atoms with E-state index in [9.17, 15) is 4.79 Å². The molecule has 1 atom stereocenters. The minimum atomic E-state index is -0.373. The van der Waals surface area contributed by atoms with Gasteiger partial charge in [-0.15, -0.1) is 11.3 Å². The molecule has 2 aromatic heterocycles. The summed E-state index contributed by atoms with van der Waals surface area (Å²) < 4.78 is 4.91. The molecule has 0 bridgehead atoms. The summed E-state index contributed by atoms with van der Waals surface area (Å²) in [5, 5.41) is 18.6. The minimum absolute atomic E-state index is 0.142. The number of aliphatic hydroxyl groups excluding tert-OH is 1. The van der Waals surface area contributed by atoms with Gasteiger partial charge in [0.2, 0.25) is 5.91 Å². The van der Waals surface area contributed by atoms with E-state index in [1.807, 2.05) is 22.2 Å². The first kappa shape index (κ1) is 15.1. The summed E-state index contributed by atoms with van der Waals surface area (Å²) >= 11 is 3.15. The Morgan fingerprint density at radius 3 is 3.05 bits per heavy atom. The fourth-order valence-electron chi connectivity index (χ4n) is 1.69. The first-order chi connectivity index (χ1) is 9.72. The quantitative estimate of drug-likeness (QED) is 0.813. The van der Waals surface area contributed by atoms with Gasteiger partial charge in [0.25, 0.3) is 0 Å². The van der Waals surface area contributed by atoms with Gasteiger partial charge in [0.05, 0.1) is 31.4 Å². The van der Waals surface area contributed by atoms with E-state index >= 15 is 0 Å². The number of rotatable bonds is 7. The van der Waals surface area contributed by atoms with Crippen LogP contribution in [0.5, 0.6) is 0 Å². The highest BCUT2D eigenvalue weighted by molar-refractivity contribution is 7.14. The van der Waals surface area contributed by atoms with E-state index in [1.54, 1.807) is 11.3 Å². The highest BCUT2D eigenvalue weighted by atomic mass is 32.1. The molecule has 108 valence electrons. The van der Waals surface area contributed by atoms with Crippen molar-refractivity contribution in [3.8, 4) is 10.6 Å². The Balaban J connectivity index is 1.91. The zero-order valence-corrected chi connectivity index (χ0v) is 12.7. The molecule has 0 aliphatic heterocycles. The maximum Gasteiger partial charge on any atom is 0.226 e. The molecule has 0 saturated carbocycles. The van der Waals surface area contributed by atoms with Crippen molar-refractivity contribution in [3.05, 3.63) is 27.9 Å². The summed E-state index contributed by atoms with van der Waals surface area (Å²) in [5.74, 6) is -0.164. The van der Waals surface area contributed by atoms with Gasteiger partial charge in [-0.25, -0.2) is 4.98 Å². The van der Waals surface area contributed by atoms with Gasteiger partial charge in [-0.3, -0.25) is 4.79 Å². The van der Waals surface area contributed by atoms with Crippen LogP contribution in [0.1, 0.15) is 5.69 Å². The van der Waals surface area contributed by atoms with Crippen molar-refractivity contribution in [3.63, 3.8) is 0 Å². The Morgan fingerprint density at radius 1 is 1.55 bits per heavy atom. The van der Waals surface area contributed by atoms with Gasteiger partial charge in [0, 0.05) is 23.4 Å². The van der Waals surface area contributed by atoms with E-state index < -0.39 is 0 Å². The monoisotopic (exact) mass is 312 g/mol. The predicted octanol–water partition coefficient (Wildman–Crippen LogP) is 1.54. The maximum absolute atomic E-state index is 11.8. The predicted molar refractivity (Wildman–Crippen MR) is 80.0 cm³/mol. The number of methoxy groups -OCH3 is 1. The number of amides is 1. The third-order valence-corrected chi connectivity index (χ3v) is 4.24. The summed E-state index contributed by atoms with van der Waals surface area (Å²) in [4.78, 5) is 16.3. The number of hydrogen-bond acceptors (Lipinski definition) is 6. The standard InChI is InChI=1S/C13H16N2O3S2/c1-18-6-11(5-16)14-12(17)4-10-8-20-13(15-10)9-2-3-19-7-9/h2-3,7-8,11,16H,4-6H2,1H3,(H,14,17). The molecule has 1 amide bonds. The lowest BCUT2D eigenvalue weighted by molar-refractivity contribution is -0.121. The second kappa shape index (κ2) is 7.49. The average Bonchev–Trinajstić information content (AvgIpc) is 3.08. The SMILES string of the molecule is COCC(CO)NC(=O)Cc1csc(-c2ccsc2)n1. The van der Waals surface area contributed by atoms with E-state index in [1.165, 1.54) is 18.4 Å². The molecule has 0 radical (unpaired) electrons. The fraction of sp³-hybridized carbons (Fsp3) is 0.385. The molecule has 2 N–H and O–H groups in total. The Bertz CT molecular complexity index is 540. The van der Waals surface area contributed by atoms with Gasteiger partial charge >= 0.3 is 0 Å². The van der Waals surface area contributed by atoms with Crippen LogP contribution in [0.15, 0.2) is 22.2 Å². The summed E-state index contributed by atoms with van der Waals surface area (Å²) in [6.07, 6.45) is 0.209. The van der Waals surface area contributed by atoms with Crippen LogP contribution < -0.4 is 5.32 Å². The molecule has 1 unspecified atom stereocenters. The van der Waals surface area contributed by atoms with Gasteiger partial charge < -0.3 is 15.2 Å². The summed E-state index contributed by atoms with van der Waals surface area (Å²) in [7, 11) is 1.53. The van der Waals surface area contributed by atoms with E-state index in [-0.39, 0.29) is 25.0 Å². The lowest BCUT2D eigenvalue weighted by Gasteiger charge is -2.14. The topological polar surface area (TPSA) is 71.5 Å². The Labute approximate surface area is 125 Å². The number of aromatic nitrogens is 1. The van der Waals surface area contributed by atoms with Crippen molar-refractivity contribution in [1.29, 1.82) is 0 Å². The van der Waals surface area contributed by atoms with E-state index in [0.717, 1.165) is 16.3 Å². The van der Waals surface area contributed by atoms with Crippen LogP contribution in [-0.4, -0.2) is 42.4 Å². The number of ether oxygens (including phenoxy) is 1. The zero-order chi connectivity index (χ0) is 14.4. The number of carbonyl (C=O) groups is 1. The molecule has 0 aliphatic rings. The van der Waals surface area contributed by atoms with Crippen molar-refractivity contribution in [2.45, 2.75) is 12.5 Å². The van der Waals surface area contributed by atoms with Crippen molar-refractivity contribution < 1.29 is 14.6 Å². The molecule has 2 heterocycles.